The zero-order valence-electron chi connectivity index (χ0n) is 18.4. The van der Waals surface area contributed by atoms with Crippen LogP contribution < -0.4 is 5.32 Å². The van der Waals surface area contributed by atoms with E-state index in [1.165, 1.54) is 12.1 Å². The summed E-state index contributed by atoms with van der Waals surface area (Å²) in [5.74, 6) is -0.427. The molecule has 0 saturated carbocycles. The molecule has 3 aromatic carbocycles. The summed E-state index contributed by atoms with van der Waals surface area (Å²) in [5, 5.41) is 2.96. The Balaban J connectivity index is 0.00000306. The highest BCUT2D eigenvalue weighted by Crippen LogP contribution is 2.43. The van der Waals surface area contributed by atoms with Crippen molar-refractivity contribution in [3.63, 3.8) is 0 Å². The third-order valence-corrected chi connectivity index (χ3v) is 6.58. The first kappa shape index (κ1) is 24.6. The van der Waals surface area contributed by atoms with Crippen LogP contribution in [-0.4, -0.2) is 16.4 Å². The SMILES string of the molecule is CC1=C(CC(=O)NCc2ccccc2)c2cc(F)ccc2C1=Cc1ccc(S(C)=O)cc1.Cl. The fourth-order valence-electron chi connectivity index (χ4n) is 3.92. The van der Waals surface area contributed by atoms with E-state index < -0.39 is 10.8 Å². The van der Waals surface area contributed by atoms with Crippen molar-refractivity contribution >= 4 is 46.3 Å². The minimum atomic E-state index is -1.03. The molecule has 1 amide bonds. The normalized spacial score (nSPS) is 14.6. The van der Waals surface area contributed by atoms with Gasteiger partial charge in [-0.15, -0.1) is 12.4 Å². The fourth-order valence-corrected chi connectivity index (χ4v) is 4.44. The summed E-state index contributed by atoms with van der Waals surface area (Å²) >= 11 is 0. The smallest absolute Gasteiger partial charge is 0.224 e. The molecule has 0 aliphatic heterocycles. The maximum Gasteiger partial charge on any atom is 0.224 e. The molecular weight excluding hydrogens is 457 g/mol. The van der Waals surface area contributed by atoms with Gasteiger partial charge in [0.25, 0.3) is 0 Å². The minimum Gasteiger partial charge on any atom is -0.352 e. The van der Waals surface area contributed by atoms with E-state index in [0.717, 1.165) is 43.9 Å². The number of rotatable bonds is 6. The lowest BCUT2D eigenvalue weighted by atomic mass is 10.0. The molecule has 3 aromatic rings. The lowest BCUT2D eigenvalue weighted by Gasteiger charge is -2.08. The van der Waals surface area contributed by atoms with Crippen LogP contribution >= 0.6 is 12.4 Å². The Morgan fingerprint density at radius 2 is 1.70 bits per heavy atom. The second-order valence-electron chi connectivity index (χ2n) is 7.81. The molecule has 1 unspecified atom stereocenters. The second kappa shape index (κ2) is 10.7. The molecule has 33 heavy (non-hydrogen) atoms. The van der Waals surface area contributed by atoms with Crippen molar-refractivity contribution < 1.29 is 13.4 Å². The van der Waals surface area contributed by atoms with Gasteiger partial charge in [-0.2, -0.15) is 0 Å². The van der Waals surface area contributed by atoms with E-state index in [1.54, 1.807) is 12.3 Å². The van der Waals surface area contributed by atoms with Gasteiger partial charge < -0.3 is 5.32 Å². The second-order valence-corrected chi connectivity index (χ2v) is 9.19. The molecule has 0 saturated heterocycles. The number of amides is 1. The van der Waals surface area contributed by atoms with Crippen LogP contribution in [0.5, 0.6) is 0 Å². The lowest BCUT2D eigenvalue weighted by molar-refractivity contribution is -0.120. The minimum absolute atomic E-state index is 0. The molecule has 1 atom stereocenters. The van der Waals surface area contributed by atoms with Crippen LogP contribution in [0.1, 0.15) is 35.6 Å². The van der Waals surface area contributed by atoms with Gasteiger partial charge in [0.15, 0.2) is 0 Å². The van der Waals surface area contributed by atoms with E-state index in [1.807, 2.05) is 67.6 Å². The highest BCUT2D eigenvalue weighted by atomic mass is 35.5. The summed E-state index contributed by atoms with van der Waals surface area (Å²) in [7, 11) is -1.03. The molecule has 170 valence electrons. The summed E-state index contributed by atoms with van der Waals surface area (Å²) in [4.78, 5) is 13.5. The predicted molar refractivity (Wildman–Crippen MR) is 136 cm³/mol. The Morgan fingerprint density at radius 1 is 1.00 bits per heavy atom. The number of benzene rings is 3. The van der Waals surface area contributed by atoms with Crippen molar-refractivity contribution in [1.29, 1.82) is 0 Å². The standard InChI is InChI=1S/C27H24FNO2S.ClH/c1-18-24(14-19-8-11-22(12-9-19)32(2)31)23-13-10-21(28)15-26(23)25(18)16-27(30)29-17-20-6-4-3-5-7-20;/h3-15H,16-17H2,1-2H3,(H,29,30);1H. The van der Waals surface area contributed by atoms with Gasteiger partial charge in [-0.05, 0) is 76.2 Å². The zero-order valence-corrected chi connectivity index (χ0v) is 20.1. The summed E-state index contributed by atoms with van der Waals surface area (Å²) in [6, 6.07) is 22.0. The van der Waals surface area contributed by atoms with Crippen LogP contribution in [-0.2, 0) is 22.1 Å². The molecule has 1 N–H and O–H groups in total. The lowest BCUT2D eigenvalue weighted by Crippen LogP contribution is -2.22. The Hall–Kier alpha value is -3.02. The third-order valence-electron chi connectivity index (χ3n) is 5.65. The molecule has 0 heterocycles. The quantitative estimate of drug-likeness (QED) is 0.468. The van der Waals surface area contributed by atoms with E-state index in [9.17, 15) is 13.4 Å². The van der Waals surface area contributed by atoms with Crippen LogP contribution in [0.3, 0.4) is 0 Å². The zero-order chi connectivity index (χ0) is 22.7. The first-order valence-electron chi connectivity index (χ1n) is 10.4. The van der Waals surface area contributed by atoms with Crippen molar-refractivity contribution in [3.8, 4) is 0 Å². The molecule has 1 aliphatic rings. The van der Waals surface area contributed by atoms with Gasteiger partial charge in [-0.1, -0.05) is 48.5 Å². The number of allylic oxidation sites excluding steroid dienone is 2. The van der Waals surface area contributed by atoms with E-state index in [2.05, 4.69) is 5.32 Å². The highest BCUT2D eigenvalue weighted by Gasteiger charge is 2.25. The first-order valence-corrected chi connectivity index (χ1v) is 11.9. The van der Waals surface area contributed by atoms with Crippen LogP contribution in [0.15, 0.2) is 83.3 Å². The highest BCUT2D eigenvalue weighted by molar-refractivity contribution is 7.84. The van der Waals surface area contributed by atoms with Crippen molar-refractivity contribution in [1.82, 2.24) is 5.32 Å². The molecular formula is C27H25ClFNO2S. The van der Waals surface area contributed by atoms with E-state index in [0.29, 0.717) is 6.54 Å². The average Bonchev–Trinajstić information content (AvgIpc) is 3.04. The molecule has 0 spiro atoms. The Kier molecular flexibility index (Phi) is 8.01. The summed E-state index contributed by atoms with van der Waals surface area (Å²) in [5.41, 5.74) is 6.43. The Labute approximate surface area is 202 Å². The van der Waals surface area contributed by atoms with Gasteiger partial charge in [0.2, 0.25) is 5.91 Å². The maximum atomic E-state index is 14.1. The largest absolute Gasteiger partial charge is 0.352 e. The van der Waals surface area contributed by atoms with Gasteiger partial charge in [0.1, 0.15) is 5.82 Å². The van der Waals surface area contributed by atoms with Gasteiger partial charge in [-0.25, -0.2) is 4.39 Å². The molecule has 4 rings (SSSR count). The van der Waals surface area contributed by atoms with Crippen LogP contribution in [0, 0.1) is 5.82 Å². The van der Waals surface area contributed by atoms with Crippen LogP contribution in [0.4, 0.5) is 4.39 Å². The number of hydrogen-bond acceptors (Lipinski definition) is 2. The molecule has 0 radical (unpaired) electrons. The number of fused-ring (bicyclic) bond motifs is 1. The van der Waals surface area contributed by atoms with Crippen molar-refractivity contribution in [2.24, 2.45) is 0 Å². The third kappa shape index (κ3) is 5.67. The summed E-state index contributed by atoms with van der Waals surface area (Å²) in [6.07, 6.45) is 3.86. The number of carbonyl (C=O) groups is 1. The van der Waals surface area contributed by atoms with Gasteiger partial charge >= 0.3 is 0 Å². The fraction of sp³-hybridized carbons (Fsp3) is 0.148. The topological polar surface area (TPSA) is 46.2 Å². The van der Waals surface area contributed by atoms with Gasteiger partial charge in [-0.3, -0.25) is 9.00 Å². The number of hydrogen-bond donors (Lipinski definition) is 1. The van der Waals surface area contributed by atoms with E-state index >= 15 is 0 Å². The van der Waals surface area contributed by atoms with Gasteiger partial charge in [0, 0.05) is 28.5 Å². The Morgan fingerprint density at radius 3 is 2.36 bits per heavy atom. The number of carbonyl (C=O) groups excluding carboxylic acids is 1. The first-order chi connectivity index (χ1) is 15.4. The van der Waals surface area contributed by atoms with Crippen molar-refractivity contribution in [2.45, 2.75) is 24.8 Å². The molecule has 3 nitrogen and oxygen atoms in total. The monoisotopic (exact) mass is 481 g/mol. The summed E-state index contributed by atoms with van der Waals surface area (Å²) < 4.78 is 25.7. The molecule has 0 bridgehead atoms. The maximum absolute atomic E-state index is 14.1. The summed E-state index contributed by atoms with van der Waals surface area (Å²) in [6.45, 7) is 2.43. The van der Waals surface area contributed by atoms with Crippen molar-refractivity contribution in [2.75, 3.05) is 6.26 Å². The average molecular weight is 482 g/mol. The Bertz CT molecular complexity index is 1250. The molecule has 6 heteroatoms. The van der Waals surface area contributed by atoms with Crippen LogP contribution in [0.25, 0.3) is 17.2 Å². The number of halogens is 2. The van der Waals surface area contributed by atoms with Crippen LogP contribution in [0.2, 0.25) is 0 Å². The van der Waals surface area contributed by atoms with E-state index in [4.69, 9.17) is 0 Å². The molecule has 1 aliphatic carbocycles. The molecule has 0 aromatic heterocycles. The van der Waals surface area contributed by atoms with Crippen molar-refractivity contribution in [3.05, 3.63) is 106 Å². The van der Waals surface area contributed by atoms with Gasteiger partial charge in [0.05, 0.1) is 6.42 Å². The molecule has 0 fully saturated rings. The predicted octanol–water partition coefficient (Wildman–Crippen LogP) is 6.02. The van der Waals surface area contributed by atoms with E-state index in [-0.39, 0.29) is 30.6 Å². The number of nitrogens with one attached hydrogen (secondary N) is 1.